The van der Waals surface area contributed by atoms with Gasteiger partial charge in [0.25, 0.3) is 5.91 Å². The largest absolute Gasteiger partial charge is 0.352 e. The third kappa shape index (κ3) is 3.85. The quantitative estimate of drug-likeness (QED) is 0.488. The number of carbonyl (C=O) groups excluding carboxylic acids is 3. The molecule has 0 aliphatic carbocycles. The number of carbonyl (C=O) groups is 3. The summed E-state index contributed by atoms with van der Waals surface area (Å²) in [5, 5.41) is 2.94. The minimum atomic E-state index is -0.298. The second-order valence-electron chi connectivity index (χ2n) is 5.69. The van der Waals surface area contributed by atoms with Gasteiger partial charge in [0.1, 0.15) is 5.15 Å². The van der Waals surface area contributed by atoms with Gasteiger partial charge in [-0.1, -0.05) is 11.6 Å². The summed E-state index contributed by atoms with van der Waals surface area (Å²) >= 11 is 5.75. The average Bonchev–Trinajstić information content (AvgIpc) is 3.03. The number of benzene rings is 1. The van der Waals surface area contributed by atoms with E-state index in [-0.39, 0.29) is 29.8 Å². The summed E-state index contributed by atoms with van der Waals surface area (Å²) in [6, 6.07) is 8.36. The normalized spacial score (nSPS) is 12.6. The standard InChI is InChI=1S/C18H16ClN3O3/c19-17-10-14(3-6-20-17)18(25)21-7-4-16(24)13-1-2-15-12(9-13)5-8-22(15)11-23/h1-3,6,9-11H,4-5,7-8H2,(H,21,25). The van der Waals surface area contributed by atoms with Crippen molar-refractivity contribution in [1.29, 1.82) is 0 Å². The fourth-order valence-electron chi connectivity index (χ4n) is 2.79. The number of pyridine rings is 1. The first-order valence-corrected chi connectivity index (χ1v) is 8.24. The monoisotopic (exact) mass is 357 g/mol. The van der Waals surface area contributed by atoms with Gasteiger partial charge in [-0.3, -0.25) is 14.4 Å². The fraction of sp³-hybridized carbons (Fsp3) is 0.222. The Bertz CT molecular complexity index is 838. The van der Waals surface area contributed by atoms with E-state index >= 15 is 0 Å². The fourth-order valence-corrected chi connectivity index (χ4v) is 2.96. The van der Waals surface area contributed by atoms with Crippen LogP contribution in [-0.2, 0) is 11.2 Å². The molecule has 1 aliphatic rings. The zero-order valence-electron chi connectivity index (χ0n) is 13.4. The highest BCUT2D eigenvalue weighted by Crippen LogP contribution is 2.27. The lowest BCUT2D eigenvalue weighted by Gasteiger charge is -2.10. The van der Waals surface area contributed by atoms with E-state index < -0.39 is 0 Å². The summed E-state index contributed by atoms with van der Waals surface area (Å²) in [4.78, 5) is 40.7. The lowest BCUT2D eigenvalue weighted by Crippen LogP contribution is -2.26. The van der Waals surface area contributed by atoms with Crippen LogP contribution in [0.5, 0.6) is 0 Å². The van der Waals surface area contributed by atoms with Gasteiger partial charge < -0.3 is 10.2 Å². The van der Waals surface area contributed by atoms with Gasteiger partial charge >= 0.3 is 0 Å². The lowest BCUT2D eigenvalue weighted by molar-refractivity contribution is -0.107. The Hall–Kier alpha value is -2.73. The number of anilines is 1. The summed E-state index contributed by atoms with van der Waals surface area (Å²) < 4.78 is 0. The van der Waals surface area contributed by atoms with Gasteiger partial charge in [0.15, 0.2) is 5.78 Å². The zero-order chi connectivity index (χ0) is 17.8. The van der Waals surface area contributed by atoms with Gasteiger partial charge in [-0.15, -0.1) is 0 Å². The molecule has 0 atom stereocenters. The van der Waals surface area contributed by atoms with Crippen molar-refractivity contribution >= 4 is 35.4 Å². The van der Waals surface area contributed by atoms with Crippen molar-refractivity contribution in [3.05, 3.63) is 58.4 Å². The maximum Gasteiger partial charge on any atom is 0.251 e. The number of hydrogen-bond acceptors (Lipinski definition) is 4. The first-order chi connectivity index (χ1) is 12.1. The summed E-state index contributed by atoms with van der Waals surface area (Å²) in [7, 11) is 0. The van der Waals surface area contributed by atoms with Crippen LogP contribution < -0.4 is 10.2 Å². The van der Waals surface area contributed by atoms with Crippen molar-refractivity contribution < 1.29 is 14.4 Å². The summed E-state index contributed by atoms with van der Waals surface area (Å²) in [5.41, 5.74) is 2.84. The summed E-state index contributed by atoms with van der Waals surface area (Å²) in [6.45, 7) is 0.871. The van der Waals surface area contributed by atoms with Gasteiger partial charge in [-0.25, -0.2) is 4.98 Å². The van der Waals surface area contributed by atoms with Crippen LogP contribution in [0.1, 0.15) is 32.7 Å². The minimum absolute atomic E-state index is 0.0552. The number of ketones is 1. The van der Waals surface area contributed by atoms with Crippen LogP contribution >= 0.6 is 11.6 Å². The Morgan fingerprint density at radius 2 is 2.08 bits per heavy atom. The molecule has 128 valence electrons. The molecule has 2 aromatic rings. The minimum Gasteiger partial charge on any atom is -0.352 e. The van der Waals surface area contributed by atoms with Gasteiger partial charge in [0, 0.05) is 42.5 Å². The first-order valence-electron chi connectivity index (χ1n) is 7.86. The second-order valence-corrected chi connectivity index (χ2v) is 6.08. The molecule has 3 rings (SSSR count). The number of Topliss-reactive ketones (excluding diaryl/α,β-unsaturated/α-hetero) is 1. The van der Waals surface area contributed by atoms with Crippen LogP contribution in [0.4, 0.5) is 5.69 Å². The molecule has 1 N–H and O–H groups in total. The van der Waals surface area contributed by atoms with Crippen LogP contribution in [0.2, 0.25) is 5.15 Å². The Kier molecular flexibility index (Phi) is 5.09. The highest BCUT2D eigenvalue weighted by Gasteiger charge is 2.19. The molecule has 6 nitrogen and oxygen atoms in total. The Labute approximate surface area is 149 Å². The Morgan fingerprint density at radius 3 is 2.84 bits per heavy atom. The van der Waals surface area contributed by atoms with E-state index in [2.05, 4.69) is 10.3 Å². The topological polar surface area (TPSA) is 79.4 Å². The number of halogens is 1. The molecule has 7 heteroatoms. The highest BCUT2D eigenvalue weighted by atomic mass is 35.5. The molecular formula is C18H16ClN3O3. The predicted molar refractivity (Wildman–Crippen MR) is 94.1 cm³/mol. The molecule has 1 aromatic carbocycles. The molecule has 1 aliphatic heterocycles. The number of nitrogens with zero attached hydrogens (tertiary/aromatic N) is 2. The van der Waals surface area contributed by atoms with Gasteiger partial charge in [-0.2, -0.15) is 0 Å². The second kappa shape index (κ2) is 7.44. The van der Waals surface area contributed by atoms with E-state index in [0.717, 1.165) is 24.1 Å². The number of rotatable bonds is 6. The Balaban J connectivity index is 1.56. The highest BCUT2D eigenvalue weighted by molar-refractivity contribution is 6.29. The molecule has 0 bridgehead atoms. The van der Waals surface area contributed by atoms with Crippen LogP contribution in [0.3, 0.4) is 0 Å². The third-order valence-corrected chi connectivity index (χ3v) is 4.29. The van der Waals surface area contributed by atoms with Crippen molar-refractivity contribution in [1.82, 2.24) is 10.3 Å². The molecule has 0 saturated carbocycles. The van der Waals surface area contributed by atoms with E-state index in [1.165, 1.54) is 12.3 Å². The maximum atomic E-state index is 12.3. The summed E-state index contributed by atoms with van der Waals surface area (Å²) in [5.74, 6) is -0.354. The van der Waals surface area contributed by atoms with Crippen molar-refractivity contribution in [3.8, 4) is 0 Å². The van der Waals surface area contributed by atoms with Crippen molar-refractivity contribution in [3.63, 3.8) is 0 Å². The smallest absolute Gasteiger partial charge is 0.251 e. The zero-order valence-corrected chi connectivity index (χ0v) is 14.1. The molecule has 0 unspecified atom stereocenters. The van der Waals surface area contributed by atoms with Crippen molar-refractivity contribution in [2.75, 3.05) is 18.0 Å². The lowest BCUT2D eigenvalue weighted by atomic mass is 10.0. The van der Waals surface area contributed by atoms with Crippen molar-refractivity contribution in [2.24, 2.45) is 0 Å². The molecular weight excluding hydrogens is 342 g/mol. The molecule has 0 fully saturated rings. The van der Waals surface area contributed by atoms with E-state index in [0.29, 0.717) is 17.7 Å². The van der Waals surface area contributed by atoms with E-state index in [9.17, 15) is 14.4 Å². The first kappa shape index (κ1) is 17.1. The third-order valence-electron chi connectivity index (χ3n) is 4.09. The van der Waals surface area contributed by atoms with Gasteiger partial charge in [0.05, 0.1) is 0 Å². The number of aromatic nitrogens is 1. The van der Waals surface area contributed by atoms with E-state index in [1.54, 1.807) is 23.1 Å². The van der Waals surface area contributed by atoms with Gasteiger partial charge in [-0.05, 0) is 42.3 Å². The molecule has 25 heavy (non-hydrogen) atoms. The summed E-state index contributed by atoms with van der Waals surface area (Å²) in [6.07, 6.45) is 3.19. The van der Waals surface area contributed by atoms with E-state index in [1.807, 2.05) is 6.07 Å². The molecule has 1 aromatic heterocycles. The van der Waals surface area contributed by atoms with Crippen LogP contribution in [0.15, 0.2) is 36.5 Å². The van der Waals surface area contributed by atoms with Crippen LogP contribution in [0.25, 0.3) is 0 Å². The number of fused-ring (bicyclic) bond motifs is 1. The van der Waals surface area contributed by atoms with Gasteiger partial charge in [0.2, 0.25) is 6.41 Å². The molecule has 0 spiro atoms. The number of nitrogens with one attached hydrogen (secondary N) is 1. The average molecular weight is 358 g/mol. The maximum absolute atomic E-state index is 12.3. The van der Waals surface area contributed by atoms with Crippen molar-refractivity contribution in [2.45, 2.75) is 12.8 Å². The molecule has 2 heterocycles. The SMILES string of the molecule is O=CN1CCc2cc(C(=O)CCNC(=O)c3ccnc(Cl)c3)ccc21. The molecule has 0 saturated heterocycles. The Morgan fingerprint density at radius 1 is 1.24 bits per heavy atom. The van der Waals surface area contributed by atoms with Crippen LogP contribution in [-0.4, -0.2) is 36.2 Å². The van der Waals surface area contributed by atoms with Crippen LogP contribution in [0, 0.1) is 0 Å². The predicted octanol–water partition coefficient (Wildman–Crippen LogP) is 2.26. The number of hydrogen-bond donors (Lipinski definition) is 1. The van der Waals surface area contributed by atoms with E-state index in [4.69, 9.17) is 11.6 Å². The molecule has 0 radical (unpaired) electrons. The molecule has 2 amide bonds. The number of amides is 2.